The first kappa shape index (κ1) is 12.0. The van der Waals surface area contributed by atoms with E-state index in [2.05, 4.69) is 15.9 Å². The van der Waals surface area contributed by atoms with Crippen LogP contribution in [0.25, 0.3) is 0 Å². The summed E-state index contributed by atoms with van der Waals surface area (Å²) in [6.45, 7) is 0. The molecule has 0 radical (unpaired) electrons. The molecule has 0 aliphatic carbocycles. The second-order valence-corrected chi connectivity index (χ2v) is 2.62. The van der Waals surface area contributed by atoms with Crippen LogP contribution in [-0.2, 0) is 5.33 Å². The maximum atomic E-state index is 12.8. The second-order valence-electron chi connectivity index (χ2n) is 2.06. The van der Waals surface area contributed by atoms with Crippen LogP contribution in [0.4, 0.5) is 8.78 Å². The molecule has 0 aromatic heterocycles. The number of alkyl halides is 2. The molecule has 0 saturated carbocycles. The first-order chi connectivity index (χ1) is 6.27. The molecule has 0 saturated heterocycles. The Kier molecular flexibility index (Phi) is 6.07. The Morgan fingerprint density at radius 1 is 1.46 bits per heavy atom. The molecule has 0 bridgehead atoms. The highest BCUT2D eigenvalue weighted by Crippen LogP contribution is 2.11. The molecule has 4 heteroatoms. The molecular weight excluding hydrogens is 240 g/mol. The lowest BCUT2D eigenvalue weighted by molar-refractivity contribution is 0.622. The third-order valence-electron chi connectivity index (χ3n) is 1.31. The predicted octanol–water partition coefficient (Wildman–Crippen LogP) is 3.18. The van der Waals surface area contributed by atoms with Crippen molar-refractivity contribution in [3.8, 4) is 6.07 Å². The average Bonchev–Trinajstić information content (AvgIpc) is 2.20. The fraction of sp³-hybridized carbons (Fsp3) is 0.222. The van der Waals surface area contributed by atoms with Crippen molar-refractivity contribution < 1.29 is 8.78 Å². The zero-order chi connectivity index (χ0) is 10.3. The van der Waals surface area contributed by atoms with Crippen molar-refractivity contribution in [1.29, 1.82) is 5.26 Å². The van der Waals surface area contributed by atoms with E-state index in [4.69, 9.17) is 5.26 Å². The standard InChI is InChI=1S/C8H5BrFN.CH3F/c9-4-6-1-2-7(5-11)8(10)3-6;1-2/h1-3H,4H2;1H3. The largest absolute Gasteiger partial charge is 0.255 e. The van der Waals surface area contributed by atoms with Gasteiger partial charge in [0.05, 0.1) is 12.7 Å². The van der Waals surface area contributed by atoms with E-state index < -0.39 is 5.82 Å². The summed E-state index contributed by atoms with van der Waals surface area (Å²) in [7, 11) is 0.500. The second kappa shape index (κ2) is 6.55. The summed E-state index contributed by atoms with van der Waals surface area (Å²) < 4.78 is 22.3. The van der Waals surface area contributed by atoms with Crippen LogP contribution < -0.4 is 0 Å². The van der Waals surface area contributed by atoms with Gasteiger partial charge in [0, 0.05) is 5.33 Å². The Morgan fingerprint density at radius 3 is 2.46 bits per heavy atom. The minimum absolute atomic E-state index is 0.0923. The Bertz CT molecular complexity index is 307. The average molecular weight is 248 g/mol. The molecule has 0 atom stereocenters. The van der Waals surface area contributed by atoms with E-state index in [1.165, 1.54) is 12.1 Å². The molecule has 0 aliphatic heterocycles. The molecule has 0 N–H and O–H groups in total. The van der Waals surface area contributed by atoms with Gasteiger partial charge in [0.25, 0.3) is 0 Å². The first-order valence-electron chi connectivity index (χ1n) is 3.40. The summed E-state index contributed by atoms with van der Waals surface area (Å²) in [4.78, 5) is 0. The fourth-order valence-corrected chi connectivity index (χ4v) is 1.08. The van der Waals surface area contributed by atoms with Crippen molar-refractivity contribution in [3.05, 3.63) is 35.1 Å². The van der Waals surface area contributed by atoms with Gasteiger partial charge in [0.15, 0.2) is 0 Å². The monoisotopic (exact) mass is 247 g/mol. The minimum atomic E-state index is -0.454. The van der Waals surface area contributed by atoms with Crippen LogP contribution in [-0.4, -0.2) is 7.18 Å². The van der Waals surface area contributed by atoms with Crippen LogP contribution in [0.2, 0.25) is 0 Å². The van der Waals surface area contributed by atoms with Gasteiger partial charge in [-0.2, -0.15) is 5.26 Å². The molecule has 1 aromatic rings. The summed E-state index contributed by atoms with van der Waals surface area (Å²) >= 11 is 3.19. The highest BCUT2D eigenvalue weighted by molar-refractivity contribution is 9.08. The smallest absolute Gasteiger partial charge is 0.141 e. The van der Waals surface area contributed by atoms with E-state index in [1.807, 2.05) is 0 Å². The number of hydrogen-bond donors (Lipinski definition) is 0. The highest BCUT2D eigenvalue weighted by Gasteiger charge is 2.00. The van der Waals surface area contributed by atoms with Crippen molar-refractivity contribution in [2.75, 3.05) is 7.18 Å². The van der Waals surface area contributed by atoms with Gasteiger partial charge in [0.1, 0.15) is 11.9 Å². The third kappa shape index (κ3) is 3.51. The summed E-state index contributed by atoms with van der Waals surface area (Å²) in [5.41, 5.74) is 0.927. The number of nitrogens with zero attached hydrogens (tertiary/aromatic N) is 1. The van der Waals surface area contributed by atoms with E-state index in [-0.39, 0.29) is 5.56 Å². The van der Waals surface area contributed by atoms with Gasteiger partial charge in [-0.1, -0.05) is 22.0 Å². The van der Waals surface area contributed by atoms with Crippen LogP contribution in [0.3, 0.4) is 0 Å². The Labute approximate surface area is 84.1 Å². The van der Waals surface area contributed by atoms with E-state index in [1.54, 1.807) is 12.1 Å². The quantitative estimate of drug-likeness (QED) is 0.700. The lowest BCUT2D eigenvalue weighted by Crippen LogP contribution is -1.85. The Morgan fingerprint density at radius 2 is 2.08 bits per heavy atom. The number of halogens is 3. The van der Waals surface area contributed by atoms with Gasteiger partial charge >= 0.3 is 0 Å². The summed E-state index contributed by atoms with van der Waals surface area (Å²) in [6.07, 6.45) is 0. The lowest BCUT2D eigenvalue weighted by Gasteiger charge is -1.95. The van der Waals surface area contributed by atoms with Gasteiger partial charge in [-0.3, -0.25) is 4.39 Å². The molecular formula is C9H8BrF2N. The molecule has 13 heavy (non-hydrogen) atoms. The molecule has 0 amide bonds. The molecule has 0 unspecified atom stereocenters. The van der Waals surface area contributed by atoms with Gasteiger partial charge in [-0.25, -0.2) is 4.39 Å². The number of benzene rings is 1. The van der Waals surface area contributed by atoms with Crippen molar-refractivity contribution >= 4 is 15.9 Å². The molecule has 0 heterocycles. The zero-order valence-corrected chi connectivity index (χ0v) is 8.61. The van der Waals surface area contributed by atoms with Crippen LogP contribution in [0.5, 0.6) is 0 Å². The molecule has 0 spiro atoms. The zero-order valence-electron chi connectivity index (χ0n) is 7.02. The Hall–Kier alpha value is -0.950. The Balaban J connectivity index is 0.000000671. The topological polar surface area (TPSA) is 23.8 Å². The van der Waals surface area contributed by atoms with Crippen LogP contribution in [0.15, 0.2) is 18.2 Å². The predicted molar refractivity (Wildman–Crippen MR) is 50.8 cm³/mol. The first-order valence-corrected chi connectivity index (χ1v) is 4.52. The van der Waals surface area contributed by atoms with Gasteiger partial charge < -0.3 is 0 Å². The van der Waals surface area contributed by atoms with E-state index >= 15 is 0 Å². The van der Waals surface area contributed by atoms with Crippen LogP contribution in [0, 0.1) is 17.1 Å². The maximum Gasteiger partial charge on any atom is 0.141 e. The third-order valence-corrected chi connectivity index (χ3v) is 1.96. The van der Waals surface area contributed by atoms with E-state index in [0.29, 0.717) is 12.5 Å². The molecule has 1 aromatic carbocycles. The summed E-state index contributed by atoms with van der Waals surface area (Å²) in [5, 5.41) is 8.99. The minimum Gasteiger partial charge on any atom is -0.255 e. The number of hydrogen-bond acceptors (Lipinski definition) is 1. The lowest BCUT2D eigenvalue weighted by atomic mass is 10.1. The van der Waals surface area contributed by atoms with Gasteiger partial charge in [0.2, 0.25) is 0 Å². The molecule has 0 fully saturated rings. The maximum absolute atomic E-state index is 12.8. The highest BCUT2D eigenvalue weighted by atomic mass is 79.9. The van der Waals surface area contributed by atoms with Gasteiger partial charge in [-0.15, -0.1) is 0 Å². The van der Waals surface area contributed by atoms with Crippen molar-refractivity contribution in [1.82, 2.24) is 0 Å². The van der Waals surface area contributed by atoms with Crippen LogP contribution >= 0.6 is 15.9 Å². The van der Waals surface area contributed by atoms with Gasteiger partial charge in [-0.05, 0) is 17.7 Å². The molecule has 70 valence electrons. The summed E-state index contributed by atoms with van der Waals surface area (Å²) in [5.74, 6) is -0.454. The molecule has 0 aliphatic rings. The normalized spacial score (nSPS) is 8.23. The van der Waals surface area contributed by atoms with E-state index in [9.17, 15) is 8.78 Å². The fourth-order valence-electron chi connectivity index (χ4n) is 0.732. The molecule has 1 nitrogen and oxygen atoms in total. The number of rotatable bonds is 1. The van der Waals surface area contributed by atoms with Crippen molar-refractivity contribution in [2.24, 2.45) is 0 Å². The molecule has 1 rings (SSSR count). The van der Waals surface area contributed by atoms with Crippen molar-refractivity contribution in [2.45, 2.75) is 5.33 Å². The number of nitriles is 1. The van der Waals surface area contributed by atoms with Crippen molar-refractivity contribution in [3.63, 3.8) is 0 Å². The van der Waals surface area contributed by atoms with E-state index in [0.717, 1.165) is 5.56 Å². The van der Waals surface area contributed by atoms with Crippen LogP contribution in [0.1, 0.15) is 11.1 Å². The summed E-state index contributed by atoms with van der Waals surface area (Å²) in [6, 6.07) is 6.31. The SMILES string of the molecule is CF.N#Cc1ccc(CBr)cc1F.